The van der Waals surface area contributed by atoms with Gasteiger partial charge in [0, 0.05) is 6.26 Å². The van der Waals surface area contributed by atoms with Crippen molar-refractivity contribution in [2.45, 2.75) is 6.18 Å². The van der Waals surface area contributed by atoms with Crippen molar-refractivity contribution in [1.29, 1.82) is 0 Å². The lowest BCUT2D eigenvalue weighted by molar-refractivity contribution is -0.192. The number of aliphatic carboxylic acids is 2. The topological polar surface area (TPSA) is 162 Å². The number of imidazole rings is 1. The number of alkyl halides is 3. The van der Waals surface area contributed by atoms with E-state index in [1.165, 1.54) is 12.5 Å². The molecule has 130 valence electrons. The SMILES string of the molecule is CS(=O)(=NC(=O)c1cnc[nH]1)NCC(=O)O.O=C(O)C(F)(F)F. The molecule has 10 nitrogen and oxygen atoms in total. The molecule has 0 spiro atoms. The highest BCUT2D eigenvalue weighted by Gasteiger charge is 2.38. The monoisotopic (exact) mass is 360 g/mol. The van der Waals surface area contributed by atoms with Crippen LogP contribution < -0.4 is 4.72 Å². The molecule has 14 heteroatoms. The van der Waals surface area contributed by atoms with Crippen LogP contribution in [-0.4, -0.2) is 61.2 Å². The first-order valence-electron chi connectivity index (χ1n) is 5.36. The minimum Gasteiger partial charge on any atom is -0.480 e. The van der Waals surface area contributed by atoms with Gasteiger partial charge < -0.3 is 15.2 Å². The molecule has 0 fully saturated rings. The predicted molar refractivity (Wildman–Crippen MR) is 68.7 cm³/mol. The molecule has 0 saturated carbocycles. The summed E-state index contributed by atoms with van der Waals surface area (Å²) in [4.78, 5) is 36.6. The Morgan fingerprint density at radius 3 is 2.26 bits per heavy atom. The van der Waals surface area contributed by atoms with Crippen LogP contribution in [-0.2, 0) is 19.5 Å². The number of H-pyrrole nitrogens is 1. The Labute approximate surface area is 127 Å². The van der Waals surface area contributed by atoms with E-state index in [0.717, 1.165) is 6.26 Å². The van der Waals surface area contributed by atoms with Gasteiger partial charge in [0.1, 0.15) is 22.2 Å². The zero-order valence-electron chi connectivity index (χ0n) is 11.3. The molecule has 1 aromatic heterocycles. The molecule has 1 heterocycles. The summed E-state index contributed by atoms with van der Waals surface area (Å²) < 4.78 is 48.9. The van der Waals surface area contributed by atoms with Gasteiger partial charge in [0.15, 0.2) is 0 Å². The van der Waals surface area contributed by atoms with Gasteiger partial charge in [-0.25, -0.2) is 18.7 Å². The number of carboxylic acid groups (broad SMARTS) is 2. The number of amides is 1. The maximum atomic E-state index is 11.6. The fourth-order valence-corrected chi connectivity index (χ4v) is 1.68. The number of carboxylic acids is 2. The van der Waals surface area contributed by atoms with Crippen LogP contribution in [0.2, 0.25) is 0 Å². The molecule has 0 bridgehead atoms. The average molecular weight is 360 g/mol. The Kier molecular flexibility index (Phi) is 7.34. The summed E-state index contributed by atoms with van der Waals surface area (Å²) in [5.41, 5.74) is 0.0895. The molecule has 0 aliphatic rings. The molecule has 0 aliphatic heterocycles. The summed E-state index contributed by atoms with van der Waals surface area (Å²) in [5, 5.41) is 15.5. The van der Waals surface area contributed by atoms with Gasteiger partial charge in [0.05, 0.1) is 12.5 Å². The summed E-state index contributed by atoms with van der Waals surface area (Å²) in [7, 11) is -3.06. The number of nitrogens with one attached hydrogen (secondary N) is 2. The Morgan fingerprint density at radius 1 is 1.39 bits per heavy atom. The van der Waals surface area contributed by atoms with E-state index in [0.29, 0.717) is 0 Å². The summed E-state index contributed by atoms with van der Waals surface area (Å²) in [6.07, 6.45) is -1.42. The molecular formula is C9H11F3N4O6S. The number of hydrogen-bond donors (Lipinski definition) is 4. The predicted octanol–water partition coefficient (Wildman–Crippen LogP) is -0.130. The van der Waals surface area contributed by atoms with Crippen molar-refractivity contribution in [1.82, 2.24) is 14.7 Å². The molecule has 0 aromatic carbocycles. The largest absolute Gasteiger partial charge is 0.490 e. The highest BCUT2D eigenvalue weighted by Crippen LogP contribution is 2.13. The molecular weight excluding hydrogens is 349 g/mol. The molecule has 1 atom stereocenters. The number of aromatic nitrogens is 2. The Hall–Kier alpha value is -2.48. The second kappa shape index (κ2) is 8.23. The number of carbonyl (C=O) groups is 3. The number of aromatic amines is 1. The van der Waals surface area contributed by atoms with Gasteiger partial charge in [0.25, 0.3) is 0 Å². The zero-order valence-corrected chi connectivity index (χ0v) is 12.1. The van der Waals surface area contributed by atoms with E-state index in [1.54, 1.807) is 0 Å². The lowest BCUT2D eigenvalue weighted by atomic mass is 10.5. The first kappa shape index (κ1) is 20.5. The fraction of sp³-hybridized carbons (Fsp3) is 0.333. The van der Waals surface area contributed by atoms with Crippen LogP contribution in [0.5, 0.6) is 0 Å². The lowest BCUT2D eigenvalue weighted by Crippen LogP contribution is -2.28. The Balaban J connectivity index is 0.000000585. The van der Waals surface area contributed by atoms with E-state index >= 15 is 0 Å². The summed E-state index contributed by atoms with van der Waals surface area (Å²) in [6.45, 7) is -0.533. The number of nitrogens with zero attached hydrogens (tertiary/aromatic N) is 2. The highest BCUT2D eigenvalue weighted by atomic mass is 32.2. The minimum absolute atomic E-state index is 0.0895. The molecule has 4 N–H and O–H groups in total. The summed E-state index contributed by atoms with van der Waals surface area (Å²) >= 11 is 0. The van der Waals surface area contributed by atoms with Crippen molar-refractivity contribution in [3.05, 3.63) is 18.2 Å². The standard InChI is InChI=1S/C7H10N4O4S.C2HF3O2/c1-16(15,10-3-6(12)13)11-7(14)5-2-8-4-9-5;3-2(4,5)1(6)7/h2,4H,3H2,1H3,(H,8,9)(H,12,13)(H,10,11,14,15);(H,6,7). The molecule has 23 heavy (non-hydrogen) atoms. The maximum Gasteiger partial charge on any atom is 0.490 e. The third kappa shape index (κ3) is 9.20. The number of carbonyl (C=O) groups excluding carboxylic acids is 1. The molecule has 1 amide bonds. The van der Waals surface area contributed by atoms with E-state index < -0.39 is 40.5 Å². The highest BCUT2D eigenvalue weighted by molar-refractivity contribution is 7.91. The molecule has 0 aliphatic carbocycles. The van der Waals surface area contributed by atoms with Crippen LogP contribution >= 0.6 is 0 Å². The summed E-state index contributed by atoms with van der Waals surface area (Å²) in [6, 6.07) is 0. The van der Waals surface area contributed by atoms with Crippen LogP contribution in [0.25, 0.3) is 0 Å². The van der Waals surface area contributed by atoms with Crippen molar-refractivity contribution in [2.75, 3.05) is 12.8 Å². The normalized spacial score (nSPS) is 13.2. The zero-order chi connectivity index (χ0) is 18.3. The van der Waals surface area contributed by atoms with E-state index in [2.05, 4.69) is 19.1 Å². The van der Waals surface area contributed by atoms with Crippen molar-refractivity contribution in [2.24, 2.45) is 4.36 Å². The van der Waals surface area contributed by atoms with Gasteiger partial charge in [-0.15, -0.1) is 4.36 Å². The third-order valence-corrected chi connectivity index (χ3v) is 2.91. The smallest absolute Gasteiger partial charge is 0.480 e. The first-order chi connectivity index (χ1) is 10.3. The van der Waals surface area contributed by atoms with Crippen LogP contribution in [0.3, 0.4) is 0 Å². The second-order valence-corrected chi connectivity index (χ2v) is 5.76. The van der Waals surface area contributed by atoms with Crippen molar-refractivity contribution in [3.8, 4) is 0 Å². The van der Waals surface area contributed by atoms with Crippen molar-refractivity contribution in [3.63, 3.8) is 0 Å². The Morgan fingerprint density at radius 2 is 1.91 bits per heavy atom. The van der Waals surface area contributed by atoms with Crippen LogP contribution in [0, 0.1) is 0 Å². The lowest BCUT2D eigenvalue weighted by Gasteiger charge is -2.02. The molecule has 1 rings (SSSR count). The van der Waals surface area contributed by atoms with E-state index in [9.17, 15) is 27.0 Å². The molecule has 1 aromatic rings. The third-order valence-electron chi connectivity index (χ3n) is 1.72. The van der Waals surface area contributed by atoms with E-state index in [-0.39, 0.29) is 5.69 Å². The molecule has 0 saturated heterocycles. The van der Waals surface area contributed by atoms with Gasteiger partial charge in [0.2, 0.25) is 0 Å². The first-order valence-corrected chi connectivity index (χ1v) is 7.29. The number of rotatable bonds is 4. The quantitative estimate of drug-likeness (QED) is 0.581. The summed E-state index contributed by atoms with van der Waals surface area (Å²) in [5.74, 6) is -4.69. The van der Waals surface area contributed by atoms with Gasteiger partial charge >= 0.3 is 24.0 Å². The van der Waals surface area contributed by atoms with E-state index in [4.69, 9.17) is 15.0 Å². The van der Waals surface area contributed by atoms with Crippen molar-refractivity contribution < 1.29 is 42.0 Å². The van der Waals surface area contributed by atoms with Crippen LogP contribution in [0.15, 0.2) is 16.9 Å². The van der Waals surface area contributed by atoms with Crippen molar-refractivity contribution >= 4 is 27.8 Å². The number of halogens is 3. The number of hydrogen-bond acceptors (Lipinski definition) is 5. The maximum absolute atomic E-state index is 11.6. The van der Waals surface area contributed by atoms with Gasteiger partial charge in [-0.1, -0.05) is 0 Å². The minimum atomic E-state index is -5.08. The van der Waals surface area contributed by atoms with Gasteiger partial charge in [-0.3, -0.25) is 9.59 Å². The Bertz CT molecular complexity index is 678. The fourth-order valence-electron chi connectivity index (χ4n) is 0.808. The van der Waals surface area contributed by atoms with E-state index in [1.807, 2.05) is 0 Å². The van der Waals surface area contributed by atoms with Gasteiger partial charge in [-0.05, 0) is 0 Å². The van der Waals surface area contributed by atoms with Crippen LogP contribution in [0.1, 0.15) is 10.5 Å². The average Bonchev–Trinajstić information content (AvgIpc) is 2.89. The van der Waals surface area contributed by atoms with Gasteiger partial charge in [-0.2, -0.15) is 13.2 Å². The molecule has 1 unspecified atom stereocenters. The molecule has 0 radical (unpaired) electrons. The second-order valence-electron chi connectivity index (χ2n) is 3.68. The van der Waals surface area contributed by atoms with Crippen LogP contribution in [0.4, 0.5) is 13.2 Å².